The zero-order valence-electron chi connectivity index (χ0n) is 10.7. The van der Waals surface area contributed by atoms with Gasteiger partial charge in [0.25, 0.3) is 0 Å². The molecule has 7 heteroatoms. The largest absolute Gasteiger partial charge is 0.240 e. The summed E-state index contributed by atoms with van der Waals surface area (Å²) in [5, 5.41) is 0. The van der Waals surface area contributed by atoms with Crippen LogP contribution in [0.25, 0.3) is 0 Å². The van der Waals surface area contributed by atoms with Crippen molar-refractivity contribution in [2.45, 2.75) is 41.5 Å². The second kappa shape index (κ2) is 5.22. The zero-order valence-corrected chi connectivity index (χ0v) is 12.3. The van der Waals surface area contributed by atoms with Crippen LogP contribution in [-0.2, 0) is 19.9 Å². The van der Waals surface area contributed by atoms with E-state index in [9.17, 15) is 16.8 Å². The highest BCUT2D eigenvalue weighted by molar-refractivity contribution is 7.90. The van der Waals surface area contributed by atoms with E-state index in [0.717, 1.165) is 31.9 Å². The number of sulfone groups is 1. The van der Waals surface area contributed by atoms with Gasteiger partial charge in [0.05, 0.1) is 9.79 Å². The summed E-state index contributed by atoms with van der Waals surface area (Å²) in [6.45, 7) is 0. The van der Waals surface area contributed by atoms with Gasteiger partial charge in [-0.05, 0) is 37.1 Å². The van der Waals surface area contributed by atoms with E-state index in [1.807, 2.05) is 0 Å². The van der Waals surface area contributed by atoms with Crippen LogP contribution in [-0.4, -0.2) is 29.1 Å². The number of sulfonamides is 1. The van der Waals surface area contributed by atoms with Crippen LogP contribution >= 0.6 is 0 Å². The molecule has 0 aliphatic heterocycles. The van der Waals surface area contributed by atoms with Crippen LogP contribution in [0.1, 0.15) is 25.7 Å². The van der Waals surface area contributed by atoms with E-state index in [2.05, 4.69) is 4.72 Å². The lowest BCUT2D eigenvalue weighted by atomic mass is 10.3. The predicted molar refractivity (Wildman–Crippen MR) is 72.1 cm³/mol. The molecule has 1 aliphatic carbocycles. The van der Waals surface area contributed by atoms with Gasteiger partial charge in [-0.25, -0.2) is 21.6 Å². The standard InChI is InChI=1S/C12H17NO4S2/c1-18(14,15)11-6-8-12(9-7-11)19(16,17)13-10-4-2-3-5-10/h6-10,13H,2-5H2,1H3. The summed E-state index contributed by atoms with van der Waals surface area (Å²) < 4.78 is 49.4. The molecule has 1 fully saturated rings. The third kappa shape index (κ3) is 3.55. The zero-order chi connectivity index (χ0) is 14.1. The maximum Gasteiger partial charge on any atom is 0.240 e. The number of rotatable bonds is 4. The topological polar surface area (TPSA) is 80.3 Å². The molecule has 0 heterocycles. The summed E-state index contributed by atoms with van der Waals surface area (Å²) in [7, 11) is -6.85. The Morgan fingerprint density at radius 1 is 0.947 bits per heavy atom. The fourth-order valence-corrected chi connectivity index (χ4v) is 4.13. The minimum Gasteiger partial charge on any atom is -0.224 e. The molecule has 0 amide bonds. The fraction of sp³-hybridized carbons (Fsp3) is 0.500. The van der Waals surface area contributed by atoms with Gasteiger partial charge in [-0.3, -0.25) is 0 Å². The summed E-state index contributed by atoms with van der Waals surface area (Å²) in [5.41, 5.74) is 0. The molecule has 0 spiro atoms. The molecular formula is C12H17NO4S2. The van der Waals surface area contributed by atoms with E-state index in [-0.39, 0.29) is 15.8 Å². The Kier molecular flexibility index (Phi) is 3.98. The molecule has 0 saturated heterocycles. The van der Waals surface area contributed by atoms with Gasteiger partial charge in [0.1, 0.15) is 0 Å². The first-order valence-corrected chi connectivity index (χ1v) is 9.49. The van der Waals surface area contributed by atoms with Crippen molar-refractivity contribution in [2.24, 2.45) is 0 Å². The Hall–Kier alpha value is -0.920. The van der Waals surface area contributed by atoms with E-state index >= 15 is 0 Å². The van der Waals surface area contributed by atoms with E-state index in [1.54, 1.807) is 0 Å². The van der Waals surface area contributed by atoms with Crippen LogP contribution < -0.4 is 4.72 Å². The van der Waals surface area contributed by atoms with Gasteiger partial charge in [-0.1, -0.05) is 12.8 Å². The average Bonchev–Trinajstić information content (AvgIpc) is 2.80. The SMILES string of the molecule is CS(=O)(=O)c1ccc(S(=O)(=O)NC2CCCC2)cc1. The van der Waals surface area contributed by atoms with Crippen molar-refractivity contribution in [1.29, 1.82) is 0 Å². The minimum absolute atomic E-state index is 0.000385. The second-order valence-electron chi connectivity index (χ2n) is 4.85. The Morgan fingerprint density at radius 3 is 1.89 bits per heavy atom. The number of hydrogen-bond acceptors (Lipinski definition) is 4. The number of nitrogens with one attached hydrogen (secondary N) is 1. The van der Waals surface area contributed by atoms with Crippen molar-refractivity contribution in [3.63, 3.8) is 0 Å². The molecule has 0 atom stereocenters. The lowest BCUT2D eigenvalue weighted by Crippen LogP contribution is -2.32. The van der Waals surface area contributed by atoms with Crippen LogP contribution in [0.3, 0.4) is 0 Å². The van der Waals surface area contributed by atoms with Gasteiger partial charge in [0, 0.05) is 12.3 Å². The van der Waals surface area contributed by atoms with E-state index in [4.69, 9.17) is 0 Å². The van der Waals surface area contributed by atoms with Crippen molar-refractivity contribution in [3.05, 3.63) is 24.3 Å². The van der Waals surface area contributed by atoms with E-state index in [0.29, 0.717) is 0 Å². The smallest absolute Gasteiger partial charge is 0.224 e. The average molecular weight is 303 g/mol. The Labute approximate surface area is 114 Å². The predicted octanol–water partition coefficient (Wildman–Crippen LogP) is 1.31. The fourth-order valence-electron chi connectivity index (χ4n) is 2.20. The Morgan fingerprint density at radius 2 is 1.42 bits per heavy atom. The summed E-state index contributed by atoms with van der Waals surface area (Å²) in [5.74, 6) is 0. The van der Waals surface area contributed by atoms with Crippen LogP contribution in [0.15, 0.2) is 34.1 Å². The monoisotopic (exact) mass is 303 g/mol. The van der Waals surface area contributed by atoms with Crippen LogP contribution in [0.5, 0.6) is 0 Å². The van der Waals surface area contributed by atoms with Crippen molar-refractivity contribution in [3.8, 4) is 0 Å². The molecule has 19 heavy (non-hydrogen) atoms. The van der Waals surface area contributed by atoms with Crippen molar-refractivity contribution >= 4 is 19.9 Å². The van der Waals surface area contributed by atoms with Crippen molar-refractivity contribution < 1.29 is 16.8 Å². The molecule has 1 N–H and O–H groups in total. The molecule has 1 saturated carbocycles. The second-order valence-corrected chi connectivity index (χ2v) is 8.58. The Balaban J connectivity index is 2.21. The Bertz CT molecular complexity index is 641. The van der Waals surface area contributed by atoms with E-state index < -0.39 is 19.9 Å². The maximum absolute atomic E-state index is 12.1. The van der Waals surface area contributed by atoms with Crippen molar-refractivity contribution in [2.75, 3.05) is 6.26 Å². The molecular weight excluding hydrogens is 286 g/mol. The minimum atomic E-state index is -3.55. The highest BCUT2D eigenvalue weighted by Gasteiger charge is 2.23. The lowest BCUT2D eigenvalue weighted by molar-refractivity contribution is 0.552. The first-order valence-electron chi connectivity index (χ1n) is 6.11. The molecule has 1 aromatic carbocycles. The molecule has 0 radical (unpaired) electrons. The van der Waals surface area contributed by atoms with Crippen molar-refractivity contribution in [1.82, 2.24) is 4.72 Å². The van der Waals surface area contributed by atoms with Gasteiger partial charge in [-0.15, -0.1) is 0 Å². The normalized spacial score (nSPS) is 17.7. The first kappa shape index (κ1) is 14.5. The van der Waals surface area contributed by atoms with Gasteiger partial charge in [0.15, 0.2) is 9.84 Å². The van der Waals surface area contributed by atoms with Crippen LogP contribution in [0.4, 0.5) is 0 Å². The summed E-state index contributed by atoms with van der Waals surface area (Å²) >= 11 is 0. The van der Waals surface area contributed by atoms with Crippen LogP contribution in [0.2, 0.25) is 0 Å². The third-order valence-electron chi connectivity index (χ3n) is 3.24. The molecule has 2 rings (SSSR count). The molecule has 106 valence electrons. The highest BCUT2D eigenvalue weighted by atomic mass is 32.2. The lowest BCUT2D eigenvalue weighted by Gasteiger charge is -2.12. The number of hydrogen-bond donors (Lipinski definition) is 1. The quantitative estimate of drug-likeness (QED) is 0.909. The maximum atomic E-state index is 12.1. The third-order valence-corrected chi connectivity index (χ3v) is 5.90. The summed E-state index contributed by atoms with van der Waals surface area (Å²) in [6.07, 6.45) is 4.90. The van der Waals surface area contributed by atoms with Crippen LogP contribution in [0, 0.1) is 0 Å². The molecule has 0 unspecified atom stereocenters. The molecule has 0 aromatic heterocycles. The number of benzene rings is 1. The van der Waals surface area contributed by atoms with Gasteiger partial charge in [0.2, 0.25) is 10.0 Å². The highest BCUT2D eigenvalue weighted by Crippen LogP contribution is 2.21. The van der Waals surface area contributed by atoms with Gasteiger partial charge in [-0.2, -0.15) is 0 Å². The summed E-state index contributed by atoms with van der Waals surface area (Å²) in [6, 6.07) is 5.29. The van der Waals surface area contributed by atoms with Gasteiger partial charge >= 0.3 is 0 Å². The molecule has 0 bridgehead atoms. The van der Waals surface area contributed by atoms with Gasteiger partial charge < -0.3 is 0 Å². The van der Waals surface area contributed by atoms with E-state index in [1.165, 1.54) is 24.3 Å². The summed E-state index contributed by atoms with van der Waals surface area (Å²) in [4.78, 5) is 0.221. The molecule has 1 aliphatic rings. The first-order chi connectivity index (χ1) is 8.79. The molecule has 1 aromatic rings. The molecule has 5 nitrogen and oxygen atoms in total.